The third-order valence-corrected chi connectivity index (χ3v) is 2.63. The first kappa shape index (κ1) is 13.4. The van der Waals surface area contributed by atoms with Crippen LogP contribution in [-0.2, 0) is 4.74 Å². The lowest BCUT2D eigenvalue weighted by Gasteiger charge is -2.10. The van der Waals surface area contributed by atoms with Crippen molar-refractivity contribution in [3.05, 3.63) is 41.6 Å². The summed E-state index contributed by atoms with van der Waals surface area (Å²) < 4.78 is 23.8. The first-order valence-electron chi connectivity index (χ1n) is 5.83. The molecule has 0 unspecified atom stereocenters. The van der Waals surface area contributed by atoms with E-state index in [9.17, 15) is 4.39 Å². The fourth-order valence-corrected chi connectivity index (χ4v) is 1.77. The Kier molecular flexibility index (Phi) is 4.06. The summed E-state index contributed by atoms with van der Waals surface area (Å²) >= 11 is 0. The average Bonchev–Trinajstić information content (AvgIpc) is 2.37. The van der Waals surface area contributed by atoms with Gasteiger partial charge in [0.2, 0.25) is 0 Å². The molecule has 5 heteroatoms. The summed E-state index contributed by atoms with van der Waals surface area (Å²) in [5.74, 6) is -0.516. The maximum atomic E-state index is 13.9. The molecule has 100 valence electrons. The minimum atomic E-state index is -0.637. The lowest BCUT2D eigenvalue weighted by molar-refractivity contribution is 0.0471. The quantitative estimate of drug-likeness (QED) is 0.627. The maximum Gasteiger partial charge on any atom is 0.256 e. The summed E-state index contributed by atoms with van der Waals surface area (Å²) in [7, 11) is 1.48. The van der Waals surface area contributed by atoms with Crippen LogP contribution in [0.2, 0.25) is 0 Å². The van der Waals surface area contributed by atoms with Gasteiger partial charge < -0.3 is 9.47 Å². The second kappa shape index (κ2) is 5.75. The zero-order chi connectivity index (χ0) is 13.8. The van der Waals surface area contributed by atoms with Crippen molar-refractivity contribution in [3.8, 4) is 17.0 Å². The topological polar surface area (TPSA) is 44.2 Å². The van der Waals surface area contributed by atoms with Gasteiger partial charge in [-0.05, 0) is 37.6 Å². The second-order valence-corrected chi connectivity index (χ2v) is 4.18. The highest BCUT2D eigenvalue weighted by Gasteiger charge is 2.12. The Morgan fingerprint density at radius 3 is 2.68 bits per heavy atom. The summed E-state index contributed by atoms with van der Waals surface area (Å²) in [6, 6.07) is 5.43. The Hall–Kier alpha value is -2.01. The molecule has 0 atom stereocenters. The van der Waals surface area contributed by atoms with Gasteiger partial charge in [-0.1, -0.05) is 0 Å². The standard InChI is InChI=1S/C14H15FN2O2/c1-9-6-12(11-4-5-16-10(2)7-11)17-14(15)13(9)19-8-18-3/h4-7H,8H2,1-3H3. The molecule has 4 nitrogen and oxygen atoms in total. The van der Waals surface area contributed by atoms with Crippen molar-refractivity contribution in [2.24, 2.45) is 0 Å². The third kappa shape index (κ3) is 3.06. The van der Waals surface area contributed by atoms with E-state index in [1.54, 1.807) is 25.3 Å². The molecule has 19 heavy (non-hydrogen) atoms. The van der Waals surface area contributed by atoms with Gasteiger partial charge in [0.05, 0.1) is 5.69 Å². The highest BCUT2D eigenvalue weighted by atomic mass is 19.1. The highest BCUT2D eigenvalue weighted by Crippen LogP contribution is 2.26. The number of methoxy groups -OCH3 is 1. The van der Waals surface area contributed by atoms with Crippen LogP contribution in [0.4, 0.5) is 4.39 Å². The first-order chi connectivity index (χ1) is 9.11. The van der Waals surface area contributed by atoms with Crippen LogP contribution in [0.1, 0.15) is 11.3 Å². The van der Waals surface area contributed by atoms with Gasteiger partial charge in [0.15, 0.2) is 12.5 Å². The average molecular weight is 262 g/mol. The van der Waals surface area contributed by atoms with Crippen molar-refractivity contribution < 1.29 is 13.9 Å². The van der Waals surface area contributed by atoms with Crippen LogP contribution < -0.4 is 4.74 Å². The van der Waals surface area contributed by atoms with E-state index in [2.05, 4.69) is 9.97 Å². The molecule has 0 aliphatic heterocycles. The number of aromatic nitrogens is 2. The number of aryl methyl sites for hydroxylation is 2. The van der Waals surface area contributed by atoms with E-state index in [1.165, 1.54) is 7.11 Å². The van der Waals surface area contributed by atoms with Crippen LogP contribution in [0.25, 0.3) is 11.3 Å². The molecule has 0 saturated heterocycles. The Balaban J connectivity index is 2.39. The predicted octanol–water partition coefficient (Wildman–Crippen LogP) is 2.88. The van der Waals surface area contributed by atoms with Gasteiger partial charge in [-0.3, -0.25) is 4.98 Å². The highest BCUT2D eigenvalue weighted by molar-refractivity contribution is 5.61. The minimum absolute atomic E-state index is 0.00679. The van der Waals surface area contributed by atoms with Crippen molar-refractivity contribution in [1.29, 1.82) is 0 Å². The third-order valence-electron chi connectivity index (χ3n) is 2.63. The van der Waals surface area contributed by atoms with Gasteiger partial charge in [-0.25, -0.2) is 4.98 Å². The number of halogens is 1. The molecular formula is C14H15FN2O2. The first-order valence-corrected chi connectivity index (χ1v) is 5.83. The van der Waals surface area contributed by atoms with E-state index in [4.69, 9.17) is 9.47 Å². The Morgan fingerprint density at radius 2 is 2.05 bits per heavy atom. The van der Waals surface area contributed by atoms with E-state index < -0.39 is 5.95 Å². The fraction of sp³-hybridized carbons (Fsp3) is 0.286. The number of hydrogen-bond acceptors (Lipinski definition) is 4. The Bertz CT molecular complexity index is 564. The Morgan fingerprint density at radius 1 is 1.26 bits per heavy atom. The van der Waals surface area contributed by atoms with Gasteiger partial charge in [0.1, 0.15) is 0 Å². The van der Waals surface area contributed by atoms with Crippen molar-refractivity contribution in [1.82, 2.24) is 9.97 Å². The van der Waals surface area contributed by atoms with Crippen molar-refractivity contribution in [3.63, 3.8) is 0 Å². The molecule has 0 saturated carbocycles. The van der Waals surface area contributed by atoms with E-state index >= 15 is 0 Å². The van der Waals surface area contributed by atoms with Gasteiger partial charge >= 0.3 is 0 Å². The number of rotatable bonds is 4. The second-order valence-electron chi connectivity index (χ2n) is 4.18. The monoisotopic (exact) mass is 262 g/mol. The number of pyridine rings is 2. The van der Waals surface area contributed by atoms with E-state index in [0.29, 0.717) is 11.3 Å². The maximum absolute atomic E-state index is 13.9. The normalized spacial score (nSPS) is 10.5. The van der Waals surface area contributed by atoms with Crippen molar-refractivity contribution >= 4 is 0 Å². The molecule has 2 rings (SSSR count). The van der Waals surface area contributed by atoms with Gasteiger partial charge in [0.25, 0.3) is 5.95 Å². The summed E-state index contributed by atoms with van der Waals surface area (Å²) in [5.41, 5.74) is 2.92. The van der Waals surface area contributed by atoms with Crippen molar-refractivity contribution in [2.75, 3.05) is 13.9 Å². The molecule has 2 aromatic heterocycles. The summed E-state index contributed by atoms with van der Waals surface area (Å²) in [6.07, 6.45) is 1.68. The minimum Gasteiger partial charge on any atom is -0.462 e. The number of hydrogen-bond donors (Lipinski definition) is 0. The molecule has 0 aliphatic rings. The molecule has 0 aromatic carbocycles. The predicted molar refractivity (Wildman–Crippen MR) is 69.4 cm³/mol. The summed E-state index contributed by atoms with van der Waals surface area (Å²) in [5, 5.41) is 0. The number of ether oxygens (including phenoxy) is 2. The summed E-state index contributed by atoms with van der Waals surface area (Å²) in [4.78, 5) is 8.03. The van der Waals surface area contributed by atoms with Crippen LogP contribution in [0.5, 0.6) is 5.75 Å². The lowest BCUT2D eigenvalue weighted by Crippen LogP contribution is -2.04. The zero-order valence-corrected chi connectivity index (χ0v) is 11.1. The molecule has 0 N–H and O–H groups in total. The smallest absolute Gasteiger partial charge is 0.256 e. The van der Waals surface area contributed by atoms with Crippen LogP contribution in [-0.4, -0.2) is 23.9 Å². The van der Waals surface area contributed by atoms with Crippen LogP contribution in [0.3, 0.4) is 0 Å². The van der Waals surface area contributed by atoms with E-state index in [1.807, 2.05) is 13.0 Å². The molecule has 2 heterocycles. The molecule has 2 aromatic rings. The molecule has 0 aliphatic carbocycles. The molecule has 0 spiro atoms. The molecule has 0 fully saturated rings. The molecular weight excluding hydrogens is 247 g/mol. The van der Waals surface area contributed by atoms with Gasteiger partial charge in [-0.15, -0.1) is 0 Å². The SMILES string of the molecule is COCOc1c(C)cc(-c2ccnc(C)c2)nc1F. The van der Waals surface area contributed by atoms with Crippen LogP contribution >= 0.6 is 0 Å². The largest absolute Gasteiger partial charge is 0.462 e. The zero-order valence-electron chi connectivity index (χ0n) is 11.1. The number of nitrogens with zero attached hydrogens (tertiary/aromatic N) is 2. The molecule has 0 radical (unpaired) electrons. The Labute approximate surface area is 111 Å². The van der Waals surface area contributed by atoms with Crippen LogP contribution in [0, 0.1) is 19.8 Å². The molecule has 0 bridgehead atoms. The van der Waals surface area contributed by atoms with Crippen molar-refractivity contribution in [2.45, 2.75) is 13.8 Å². The van der Waals surface area contributed by atoms with Gasteiger partial charge in [-0.2, -0.15) is 4.39 Å². The van der Waals surface area contributed by atoms with Crippen LogP contribution in [0.15, 0.2) is 24.4 Å². The van der Waals surface area contributed by atoms with Gasteiger partial charge in [0, 0.05) is 24.6 Å². The van der Waals surface area contributed by atoms with E-state index in [-0.39, 0.29) is 12.5 Å². The van der Waals surface area contributed by atoms with E-state index in [0.717, 1.165) is 11.3 Å². The summed E-state index contributed by atoms with van der Waals surface area (Å²) in [6.45, 7) is 3.64. The lowest BCUT2D eigenvalue weighted by atomic mass is 10.1. The fourth-order valence-electron chi connectivity index (χ4n) is 1.77. The molecule has 0 amide bonds.